The molecule has 6 heteroatoms. The Bertz CT molecular complexity index is 610. The number of halogens is 1. The highest BCUT2D eigenvalue weighted by Gasteiger charge is 2.33. The van der Waals surface area contributed by atoms with E-state index < -0.39 is 15.8 Å². The first kappa shape index (κ1) is 16.2. The van der Waals surface area contributed by atoms with E-state index in [0.717, 1.165) is 32.1 Å². The number of nitrogens with zero attached hydrogens (tertiary/aromatic N) is 1. The van der Waals surface area contributed by atoms with Crippen LogP contribution in [0.5, 0.6) is 0 Å². The molecule has 1 fully saturated rings. The van der Waals surface area contributed by atoms with Crippen LogP contribution in [0.4, 0.5) is 10.1 Å². The number of rotatable bonds is 4. The third-order valence-corrected chi connectivity index (χ3v) is 6.15. The van der Waals surface area contributed by atoms with Crippen molar-refractivity contribution in [3.05, 3.63) is 23.5 Å². The number of sulfonamides is 1. The Morgan fingerprint density at radius 1 is 1.29 bits per heavy atom. The van der Waals surface area contributed by atoms with Crippen LogP contribution < -0.4 is 5.73 Å². The molecular weight excluding hydrogens is 291 g/mol. The van der Waals surface area contributed by atoms with Gasteiger partial charge in [-0.05, 0) is 37.5 Å². The van der Waals surface area contributed by atoms with E-state index in [2.05, 4.69) is 0 Å². The van der Waals surface area contributed by atoms with Crippen molar-refractivity contribution in [2.45, 2.75) is 56.9 Å². The summed E-state index contributed by atoms with van der Waals surface area (Å²) in [6, 6.07) is 2.64. The first-order valence-electron chi connectivity index (χ1n) is 7.45. The van der Waals surface area contributed by atoms with Crippen LogP contribution in [0.25, 0.3) is 0 Å². The van der Waals surface area contributed by atoms with E-state index in [-0.39, 0.29) is 22.2 Å². The van der Waals surface area contributed by atoms with Gasteiger partial charge in [0.1, 0.15) is 10.7 Å². The molecule has 0 amide bonds. The topological polar surface area (TPSA) is 63.4 Å². The highest BCUT2D eigenvalue weighted by atomic mass is 32.2. The third kappa shape index (κ3) is 3.21. The number of benzene rings is 1. The molecule has 1 aromatic rings. The van der Waals surface area contributed by atoms with Crippen molar-refractivity contribution in [2.75, 3.05) is 12.3 Å². The maximum Gasteiger partial charge on any atom is 0.246 e. The van der Waals surface area contributed by atoms with Gasteiger partial charge < -0.3 is 5.73 Å². The Labute approximate surface area is 126 Å². The lowest BCUT2D eigenvalue weighted by molar-refractivity contribution is 0.260. The standard InChI is InChI=1S/C15H23FN2O2S/c1-3-18(13-7-5-4-6-8-13)21(19,20)14-10-12(17)9-11(2)15(14)16/h9-10,13H,3-8,17H2,1-2H3. The zero-order valence-electron chi connectivity index (χ0n) is 12.6. The Kier molecular flexibility index (Phi) is 4.88. The van der Waals surface area contributed by atoms with Crippen LogP contribution in [0, 0.1) is 12.7 Å². The van der Waals surface area contributed by atoms with Crippen LogP contribution in [-0.2, 0) is 10.0 Å². The quantitative estimate of drug-likeness (QED) is 0.869. The Balaban J connectivity index is 2.44. The second-order valence-corrected chi connectivity index (χ2v) is 7.51. The molecule has 0 radical (unpaired) electrons. The summed E-state index contributed by atoms with van der Waals surface area (Å²) < 4.78 is 41.4. The molecule has 0 saturated heterocycles. The van der Waals surface area contributed by atoms with E-state index in [1.165, 1.54) is 23.4 Å². The normalized spacial score (nSPS) is 17.3. The SMILES string of the molecule is CCN(C1CCCCC1)S(=O)(=O)c1cc(N)cc(C)c1F. The average molecular weight is 314 g/mol. The van der Waals surface area contributed by atoms with Crippen molar-refractivity contribution < 1.29 is 12.8 Å². The second-order valence-electron chi connectivity index (χ2n) is 5.65. The van der Waals surface area contributed by atoms with Crippen molar-refractivity contribution in [1.82, 2.24) is 4.31 Å². The molecule has 118 valence electrons. The fraction of sp³-hybridized carbons (Fsp3) is 0.600. The van der Waals surface area contributed by atoms with E-state index in [1.54, 1.807) is 6.92 Å². The predicted octanol–water partition coefficient (Wildman–Crippen LogP) is 3.06. The lowest BCUT2D eigenvalue weighted by atomic mass is 9.95. The summed E-state index contributed by atoms with van der Waals surface area (Å²) in [6.45, 7) is 3.67. The Morgan fingerprint density at radius 3 is 2.48 bits per heavy atom. The van der Waals surface area contributed by atoms with Gasteiger partial charge in [-0.25, -0.2) is 12.8 Å². The second kappa shape index (κ2) is 6.32. The van der Waals surface area contributed by atoms with E-state index in [1.807, 2.05) is 0 Å². The lowest BCUT2D eigenvalue weighted by Crippen LogP contribution is -2.41. The smallest absolute Gasteiger partial charge is 0.246 e. The monoisotopic (exact) mass is 314 g/mol. The molecule has 0 aromatic heterocycles. The van der Waals surface area contributed by atoms with Crippen molar-refractivity contribution >= 4 is 15.7 Å². The minimum absolute atomic E-state index is 0.0325. The van der Waals surface area contributed by atoms with Crippen LogP contribution in [0.15, 0.2) is 17.0 Å². The molecule has 1 aliphatic rings. The molecule has 0 bridgehead atoms. The molecule has 0 aliphatic heterocycles. The number of hydrogen-bond acceptors (Lipinski definition) is 3. The van der Waals surface area contributed by atoms with Gasteiger partial charge in [0.2, 0.25) is 10.0 Å². The fourth-order valence-electron chi connectivity index (χ4n) is 3.07. The summed E-state index contributed by atoms with van der Waals surface area (Å²) in [4.78, 5) is -0.299. The minimum Gasteiger partial charge on any atom is -0.399 e. The van der Waals surface area contributed by atoms with Gasteiger partial charge in [0, 0.05) is 18.3 Å². The highest BCUT2D eigenvalue weighted by molar-refractivity contribution is 7.89. The van der Waals surface area contributed by atoms with Gasteiger partial charge in [0.15, 0.2) is 0 Å². The largest absolute Gasteiger partial charge is 0.399 e. The van der Waals surface area contributed by atoms with Crippen LogP contribution >= 0.6 is 0 Å². The first-order chi connectivity index (χ1) is 9.87. The molecule has 2 rings (SSSR count). The molecular formula is C15H23FN2O2S. The van der Waals surface area contributed by atoms with Crippen LogP contribution in [0.1, 0.15) is 44.6 Å². The summed E-state index contributed by atoms with van der Waals surface area (Å²) in [5, 5.41) is 0. The number of anilines is 1. The Hall–Kier alpha value is -1.14. The molecule has 0 spiro atoms. The third-order valence-electron chi connectivity index (χ3n) is 4.12. The van der Waals surface area contributed by atoms with E-state index in [4.69, 9.17) is 5.73 Å². The van der Waals surface area contributed by atoms with Crippen LogP contribution in [0.2, 0.25) is 0 Å². The molecule has 4 nitrogen and oxygen atoms in total. The van der Waals surface area contributed by atoms with Gasteiger partial charge in [-0.1, -0.05) is 26.2 Å². The minimum atomic E-state index is -3.85. The molecule has 1 aromatic carbocycles. The molecule has 0 unspecified atom stereocenters. The molecule has 1 aliphatic carbocycles. The summed E-state index contributed by atoms with van der Waals surface area (Å²) >= 11 is 0. The van der Waals surface area contributed by atoms with Gasteiger partial charge in [-0.3, -0.25) is 0 Å². The van der Waals surface area contributed by atoms with Crippen molar-refractivity contribution in [1.29, 1.82) is 0 Å². The van der Waals surface area contributed by atoms with E-state index >= 15 is 0 Å². The fourth-order valence-corrected chi connectivity index (χ4v) is 4.94. The maximum absolute atomic E-state index is 14.3. The van der Waals surface area contributed by atoms with Gasteiger partial charge in [-0.15, -0.1) is 0 Å². The van der Waals surface area contributed by atoms with Crippen molar-refractivity contribution in [3.8, 4) is 0 Å². The first-order valence-corrected chi connectivity index (χ1v) is 8.89. The maximum atomic E-state index is 14.3. The Morgan fingerprint density at radius 2 is 1.90 bits per heavy atom. The summed E-state index contributed by atoms with van der Waals surface area (Å²) in [5.74, 6) is -0.696. The lowest BCUT2D eigenvalue weighted by Gasteiger charge is -2.32. The molecule has 2 N–H and O–H groups in total. The zero-order chi connectivity index (χ0) is 15.6. The van der Waals surface area contributed by atoms with Crippen LogP contribution in [-0.4, -0.2) is 25.3 Å². The predicted molar refractivity (Wildman–Crippen MR) is 82.0 cm³/mol. The van der Waals surface area contributed by atoms with Gasteiger partial charge in [-0.2, -0.15) is 4.31 Å². The van der Waals surface area contributed by atoms with Gasteiger partial charge in [0.25, 0.3) is 0 Å². The number of hydrogen-bond donors (Lipinski definition) is 1. The molecule has 0 heterocycles. The van der Waals surface area contributed by atoms with Gasteiger partial charge >= 0.3 is 0 Å². The van der Waals surface area contributed by atoms with E-state index in [0.29, 0.717) is 6.54 Å². The zero-order valence-corrected chi connectivity index (χ0v) is 13.4. The van der Waals surface area contributed by atoms with Crippen molar-refractivity contribution in [3.63, 3.8) is 0 Å². The van der Waals surface area contributed by atoms with Gasteiger partial charge in [0.05, 0.1) is 0 Å². The average Bonchev–Trinajstić information content (AvgIpc) is 2.44. The van der Waals surface area contributed by atoms with Crippen molar-refractivity contribution in [2.24, 2.45) is 0 Å². The molecule has 0 atom stereocenters. The summed E-state index contributed by atoms with van der Waals surface area (Å²) in [6.07, 6.45) is 4.87. The summed E-state index contributed by atoms with van der Waals surface area (Å²) in [5.41, 5.74) is 6.22. The van der Waals surface area contributed by atoms with Crippen LogP contribution in [0.3, 0.4) is 0 Å². The highest BCUT2D eigenvalue weighted by Crippen LogP contribution is 2.30. The summed E-state index contributed by atoms with van der Waals surface area (Å²) in [7, 11) is -3.85. The van der Waals surface area contributed by atoms with E-state index in [9.17, 15) is 12.8 Å². The molecule has 1 saturated carbocycles. The molecule has 21 heavy (non-hydrogen) atoms. The number of nitrogens with two attached hydrogens (primary N) is 1. The number of aryl methyl sites for hydroxylation is 1. The number of nitrogen functional groups attached to an aromatic ring is 1.